The summed E-state index contributed by atoms with van der Waals surface area (Å²) in [6, 6.07) is 12.7. The van der Waals surface area contributed by atoms with E-state index in [1.165, 1.54) is 17.7 Å². The van der Waals surface area contributed by atoms with Gasteiger partial charge >= 0.3 is 0 Å². The van der Waals surface area contributed by atoms with Gasteiger partial charge in [-0.15, -0.1) is 11.6 Å². The first-order valence-corrected chi connectivity index (χ1v) is 7.02. The van der Waals surface area contributed by atoms with Crippen molar-refractivity contribution in [2.24, 2.45) is 0 Å². The van der Waals surface area contributed by atoms with Crippen molar-refractivity contribution in [3.63, 3.8) is 0 Å². The van der Waals surface area contributed by atoms with E-state index in [4.69, 9.17) is 11.6 Å². The monoisotopic (exact) mass is 326 g/mol. The molecule has 0 nitrogen and oxygen atoms in total. The Hall–Kier alpha value is -0.860. The number of rotatable bonds is 3. The normalized spacial score (nSPS) is 12.4. The van der Waals surface area contributed by atoms with Gasteiger partial charge in [0.2, 0.25) is 0 Å². The summed E-state index contributed by atoms with van der Waals surface area (Å²) in [5, 5.41) is -0.346. The van der Waals surface area contributed by atoms with Crippen LogP contribution in [0.3, 0.4) is 0 Å². The van der Waals surface area contributed by atoms with E-state index in [2.05, 4.69) is 35.0 Å². The Labute approximate surface area is 120 Å². The van der Waals surface area contributed by atoms with Gasteiger partial charge in [-0.3, -0.25) is 0 Å². The Morgan fingerprint density at radius 3 is 2.44 bits per heavy atom. The number of aryl methyl sites for hydroxylation is 1. The zero-order chi connectivity index (χ0) is 13.1. The summed E-state index contributed by atoms with van der Waals surface area (Å²) < 4.78 is 14.1. The summed E-state index contributed by atoms with van der Waals surface area (Å²) in [5.41, 5.74) is 2.99. The molecule has 0 saturated heterocycles. The molecule has 0 saturated carbocycles. The first-order valence-electron chi connectivity index (χ1n) is 5.79. The van der Waals surface area contributed by atoms with E-state index in [0.29, 0.717) is 0 Å². The second kappa shape index (κ2) is 5.85. The first-order chi connectivity index (χ1) is 8.61. The van der Waals surface area contributed by atoms with Crippen LogP contribution in [0, 0.1) is 5.82 Å². The second-order valence-corrected chi connectivity index (χ2v) is 5.41. The van der Waals surface area contributed by atoms with Gasteiger partial charge < -0.3 is 0 Å². The fraction of sp³-hybridized carbons (Fsp3) is 0.200. The second-order valence-electron chi connectivity index (χ2n) is 4.12. The molecule has 94 valence electrons. The molecular weight excluding hydrogens is 315 g/mol. The average molecular weight is 328 g/mol. The third kappa shape index (κ3) is 2.93. The Bertz CT molecular complexity index is 537. The van der Waals surface area contributed by atoms with Gasteiger partial charge in [-0.2, -0.15) is 0 Å². The largest absolute Gasteiger partial charge is 0.207 e. The lowest BCUT2D eigenvalue weighted by Gasteiger charge is -2.13. The van der Waals surface area contributed by atoms with Crippen molar-refractivity contribution in [3.05, 3.63) is 69.4 Å². The van der Waals surface area contributed by atoms with Crippen LogP contribution in [-0.2, 0) is 6.42 Å². The standard InChI is InChI=1S/C15H13BrClF/c1-2-10-3-5-11(6-4-10)15(17)13-9-12(18)7-8-14(13)16/h3-9,15H,2H2,1H3. The molecule has 0 bridgehead atoms. The maximum Gasteiger partial charge on any atom is 0.123 e. The van der Waals surface area contributed by atoms with Gasteiger partial charge in [0.15, 0.2) is 0 Å². The Morgan fingerprint density at radius 2 is 1.83 bits per heavy atom. The maximum absolute atomic E-state index is 13.3. The van der Waals surface area contributed by atoms with Crippen LogP contribution in [0.15, 0.2) is 46.9 Å². The summed E-state index contributed by atoms with van der Waals surface area (Å²) in [7, 11) is 0. The SMILES string of the molecule is CCc1ccc(C(Cl)c2cc(F)ccc2Br)cc1. The van der Waals surface area contributed by atoms with E-state index in [-0.39, 0.29) is 11.2 Å². The van der Waals surface area contributed by atoms with Gasteiger partial charge in [0.1, 0.15) is 5.82 Å². The van der Waals surface area contributed by atoms with Crippen molar-refractivity contribution in [3.8, 4) is 0 Å². The zero-order valence-corrected chi connectivity index (χ0v) is 12.3. The molecular formula is C15H13BrClF. The van der Waals surface area contributed by atoms with Gasteiger partial charge in [-0.25, -0.2) is 4.39 Å². The number of halogens is 3. The van der Waals surface area contributed by atoms with E-state index in [1.54, 1.807) is 6.07 Å². The van der Waals surface area contributed by atoms with E-state index in [9.17, 15) is 4.39 Å². The maximum atomic E-state index is 13.3. The van der Waals surface area contributed by atoms with Crippen LogP contribution >= 0.6 is 27.5 Å². The van der Waals surface area contributed by atoms with Crippen molar-refractivity contribution in [1.82, 2.24) is 0 Å². The molecule has 2 rings (SSSR count). The lowest BCUT2D eigenvalue weighted by molar-refractivity contribution is 0.625. The molecule has 0 aromatic heterocycles. The fourth-order valence-corrected chi connectivity index (χ4v) is 2.74. The third-order valence-corrected chi connectivity index (χ3v) is 4.12. The van der Waals surface area contributed by atoms with E-state index < -0.39 is 0 Å². The number of alkyl halides is 1. The summed E-state index contributed by atoms with van der Waals surface area (Å²) in [6.07, 6.45) is 0.997. The van der Waals surface area contributed by atoms with Gasteiger partial charge in [0.25, 0.3) is 0 Å². The smallest absolute Gasteiger partial charge is 0.123 e. The van der Waals surface area contributed by atoms with Gasteiger partial charge in [-0.1, -0.05) is 47.1 Å². The van der Waals surface area contributed by atoms with Crippen LogP contribution in [0.2, 0.25) is 0 Å². The predicted octanol–water partition coefficient (Wildman–Crippen LogP) is 5.48. The van der Waals surface area contributed by atoms with E-state index >= 15 is 0 Å². The zero-order valence-electron chi connectivity index (χ0n) is 9.96. The number of hydrogen-bond acceptors (Lipinski definition) is 0. The first kappa shape index (κ1) is 13.6. The average Bonchev–Trinajstić information content (AvgIpc) is 2.41. The molecule has 0 spiro atoms. The van der Waals surface area contributed by atoms with Crippen molar-refractivity contribution >= 4 is 27.5 Å². The minimum atomic E-state index is -0.346. The lowest BCUT2D eigenvalue weighted by atomic mass is 10.0. The Kier molecular flexibility index (Phi) is 4.41. The van der Waals surface area contributed by atoms with Crippen LogP contribution in [0.4, 0.5) is 4.39 Å². The number of hydrogen-bond donors (Lipinski definition) is 0. The van der Waals surface area contributed by atoms with Crippen LogP contribution in [0.25, 0.3) is 0 Å². The molecule has 0 amide bonds. The molecule has 0 aliphatic carbocycles. The minimum Gasteiger partial charge on any atom is -0.207 e. The molecule has 1 atom stereocenters. The third-order valence-electron chi connectivity index (χ3n) is 2.91. The van der Waals surface area contributed by atoms with Gasteiger partial charge in [0.05, 0.1) is 5.38 Å². The van der Waals surface area contributed by atoms with Crippen molar-refractivity contribution in [2.75, 3.05) is 0 Å². The highest BCUT2D eigenvalue weighted by atomic mass is 79.9. The number of benzene rings is 2. The van der Waals surface area contributed by atoms with E-state index in [1.807, 2.05) is 12.1 Å². The molecule has 18 heavy (non-hydrogen) atoms. The van der Waals surface area contributed by atoms with Crippen molar-refractivity contribution in [2.45, 2.75) is 18.7 Å². The summed E-state index contributed by atoms with van der Waals surface area (Å²) in [5.74, 6) is -0.274. The van der Waals surface area contributed by atoms with Gasteiger partial charge in [-0.05, 0) is 41.3 Å². The fourth-order valence-electron chi connectivity index (χ4n) is 1.81. The van der Waals surface area contributed by atoms with Crippen LogP contribution < -0.4 is 0 Å². The molecule has 0 aliphatic heterocycles. The molecule has 2 aromatic rings. The van der Waals surface area contributed by atoms with Crippen LogP contribution in [-0.4, -0.2) is 0 Å². The molecule has 1 unspecified atom stereocenters. The molecule has 3 heteroatoms. The highest BCUT2D eigenvalue weighted by Gasteiger charge is 2.14. The lowest BCUT2D eigenvalue weighted by Crippen LogP contribution is -1.96. The summed E-state index contributed by atoms with van der Waals surface area (Å²) in [4.78, 5) is 0. The Balaban J connectivity index is 2.34. The minimum absolute atomic E-state index is 0.274. The van der Waals surface area contributed by atoms with Crippen molar-refractivity contribution < 1.29 is 4.39 Å². The van der Waals surface area contributed by atoms with E-state index in [0.717, 1.165) is 22.0 Å². The molecule has 2 aromatic carbocycles. The molecule has 0 aliphatic rings. The topological polar surface area (TPSA) is 0 Å². The Morgan fingerprint density at radius 1 is 1.17 bits per heavy atom. The quantitative estimate of drug-likeness (QED) is 0.655. The highest BCUT2D eigenvalue weighted by molar-refractivity contribution is 9.10. The summed E-state index contributed by atoms with van der Waals surface area (Å²) in [6.45, 7) is 2.11. The van der Waals surface area contributed by atoms with Crippen molar-refractivity contribution in [1.29, 1.82) is 0 Å². The van der Waals surface area contributed by atoms with Crippen LogP contribution in [0.5, 0.6) is 0 Å². The predicted molar refractivity (Wildman–Crippen MR) is 77.6 cm³/mol. The molecule has 0 radical (unpaired) electrons. The molecule has 0 fully saturated rings. The van der Waals surface area contributed by atoms with Crippen LogP contribution in [0.1, 0.15) is 29.0 Å². The molecule has 0 N–H and O–H groups in total. The summed E-state index contributed by atoms with van der Waals surface area (Å²) >= 11 is 9.81. The van der Waals surface area contributed by atoms with Gasteiger partial charge in [0, 0.05) is 4.47 Å². The molecule has 0 heterocycles. The highest BCUT2D eigenvalue weighted by Crippen LogP contribution is 2.34.